The molecule has 0 aliphatic heterocycles. The van der Waals surface area contributed by atoms with Crippen molar-refractivity contribution in [3.8, 4) is 0 Å². The van der Waals surface area contributed by atoms with Gasteiger partial charge in [0, 0.05) is 12.4 Å². The monoisotopic (exact) mass is 402 g/mol. The Hall–Kier alpha value is -3.80. The third kappa shape index (κ3) is 5.85. The Morgan fingerprint density at radius 1 is 0.900 bits per heavy atom. The van der Waals surface area contributed by atoms with Crippen LogP contribution in [0.5, 0.6) is 0 Å². The second-order valence-corrected chi connectivity index (χ2v) is 6.75. The Morgan fingerprint density at radius 3 is 2.10 bits per heavy atom. The van der Waals surface area contributed by atoms with Crippen LogP contribution in [0.1, 0.15) is 22.6 Å². The highest BCUT2D eigenvalue weighted by Crippen LogP contribution is 2.18. The van der Waals surface area contributed by atoms with Crippen molar-refractivity contribution in [3.05, 3.63) is 102 Å². The molecule has 0 aliphatic rings. The van der Waals surface area contributed by atoms with E-state index in [4.69, 9.17) is 4.74 Å². The lowest BCUT2D eigenvalue weighted by Crippen LogP contribution is -2.45. The summed E-state index contributed by atoms with van der Waals surface area (Å²) in [5, 5.41) is 2.63. The molecule has 2 unspecified atom stereocenters. The predicted molar refractivity (Wildman–Crippen MR) is 112 cm³/mol. The molecule has 0 saturated heterocycles. The lowest BCUT2D eigenvalue weighted by atomic mass is 9.90. The van der Waals surface area contributed by atoms with E-state index in [1.807, 2.05) is 60.7 Å². The van der Waals surface area contributed by atoms with E-state index in [0.717, 1.165) is 11.1 Å². The molecule has 2 aromatic carbocycles. The zero-order valence-corrected chi connectivity index (χ0v) is 16.3. The van der Waals surface area contributed by atoms with Crippen LogP contribution in [-0.2, 0) is 27.4 Å². The zero-order valence-electron chi connectivity index (χ0n) is 16.3. The van der Waals surface area contributed by atoms with Crippen molar-refractivity contribution in [2.75, 3.05) is 0 Å². The Balaban J connectivity index is 1.74. The summed E-state index contributed by atoms with van der Waals surface area (Å²) in [6.45, 7) is 0.0837. The summed E-state index contributed by atoms with van der Waals surface area (Å²) < 4.78 is 5.26. The van der Waals surface area contributed by atoms with Crippen molar-refractivity contribution in [2.24, 2.45) is 0 Å². The Labute approximate surface area is 174 Å². The minimum atomic E-state index is -1.00. The molecule has 0 saturated carbocycles. The first-order chi connectivity index (χ1) is 14.7. The van der Waals surface area contributed by atoms with Gasteiger partial charge < -0.3 is 14.8 Å². The number of aromatic nitrogens is 1. The summed E-state index contributed by atoms with van der Waals surface area (Å²) in [7, 11) is 0. The van der Waals surface area contributed by atoms with Gasteiger partial charge in [0.2, 0.25) is 0 Å². The van der Waals surface area contributed by atoms with Crippen LogP contribution in [0.2, 0.25) is 0 Å². The van der Waals surface area contributed by atoms with Crippen LogP contribution in [-0.4, -0.2) is 29.2 Å². The van der Waals surface area contributed by atoms with Crippen molar-refractivity contribution in [2.45, 2.75) is 25.0 Å². The van der Waals surface area contributed by atoms with Crippen LogP contribution < -0.4 is 5.32 Å². The molecule has 1 amide bonds. The van der Waals surface area contributed by atoms with Gasteiger partial charge in [0.25, 0.3) is 0 Å². The fourth-order valence-corrected chi connectivity index (χ4v) is 3.08. The molecule has 152 valence electrons. The summed E-state index contributed by atoms with van der Waals surface area (Å²) in [5.41, 5.74) is 2.22. The Morgan fingerprint density at radius 2 is 1.50 bits per heavy atom. The molecule has 2 atom stereocenters. The minimum absolute atomic E-state index is 0.0837. The average molecular weight is 402 g/mol. The van der Waals surface area contributed by atoms with Crippen LogP contribution in [0.15, 0.2) is 85.2 Å². The fourth-order valence-electron chi connectivity index (χ4n) is 3.08. The molecule has 1 N–H and O–H groups in total. The van der Waals surface area contributed by atoms with E-state index in [0.29, 0.717) is 11.8 Å². The number of ketones is 1. The topological polar surface area (TPSA) is 85.4 Å². The van der Waals surface area contributed by atoms with Crippen molar-refractivity contribution >= 4 is 18.2 Å². The highest BCUT2D eigenvalue weighted by atomic mass is 16.5. The van der Waals surface area contributed by atoms with Crippen LogP contribution in [0.3, 0.4) is 0 Å². The molecule has 6 heteroatoms. The molecule has 1 aromatic heterocycles. The number of hydrogen-bond acceptors (Lipinski definition) is 5. The van der Waals surface area contributed by atoms with Gasteiger partial charge in [-0.2, -0.15) is 0 Å². The molecule has 3 rings (SSSR count). The lowest BCUT2D eigenvalue weighted by Gasteiger charge is -2.21. The second kappa shape index (κ2) is 10.7. The van der Waals surface area contributed by atoms with E-state index >= 15 is 0 Å². The molecule has 0 fully saturated rings. The van der Waals surface area contributed by atoms with Crippen LogP contribution in [0.25, 0.3) is 0 Å². The van der Waals surface area contributed by atoms with Crippen molar-refractivity contribution in [1.82, 2.24) is 10.3 Å². The number of aldehydes is 1. The van der Waals surface area contributed by atoms with E-state index in [-0.39, 0.29) is 13.0 Å². The molecule has 0 spiro atoms. The Kier molecular flexibility index (Phi) is 7.44. The number of Topliss-reactive ketones (excluding diaryl/α,β-unsaturated/α-hetero) is 1. The molecule has 1 heterocycles. The number of carbonyl (C=O) groups excluding carboxylic acids is 3. The summed E-state index contributed by atoms with van der Waals surface area (Å²) >= 11 is 0. The highest BCUT2D eigenvalue weighted by molar-refractivity contribution is 6.03. The SMILES string of the molecule is O=CC(C(=O)C(Cc1ccccc1)NC(=O)OCc1ccccc1)c1ccncc1. The van der Waals surface area contributed by atoms with Crippen LogP contribution >= 0.6 is 0 Å². The van der Waals surface area contributed by atoms with Crippen molar-refractivity contribution in [3.63, 3.8) is 0 Å². The molecule has 3 aromatic rings. The summed E-state index contributed by atoms with van der Waals surface area (Å²) in [6.07, 6.45) is 3.16. The largest absolute Gasteiger partial charge is 0.445 e. The molecule has 0 aliphatic carbocycles. The molecule has 0 radical (unpaired) electrons. The standard InChI is InChI=1S/C24H22N2O4/c27-16-21(20-11-13-25-14-12-20)23(28)22(15-18-7-3-1-4-8-18)26-24(29)30-17-19-9-5-2-6-10-19/h1-14,16,21-22H,15,17H2,(H,26,29). The van der Waals surface area contributed by atoms with E-state index in [1.165, 1.54) is 12.4 Å². The van der Waals surface area contributed by atoms with Gasteiger partial charge in [0.05, 0.1) is 6.04 Å². The van der Waals surface area contributed by atoms with E-state index in [9.17, 15) is 14.4 Å². The number of carbonyl (C=O) groups is 3. The number of benzene rings is 2. The maximum Gasteiger partial charge on any atom is 0.408 e. The first-order valence-corrected chi connectivity index (χ1v) is 9.57. The maximum absolute atomic E-state index is 13.2. The van der Waals surface area contributed by atoms with Gasteiger partial charge >= 0.3 is 6.09 Å². The number of amides is 1. The van der Waals surface area contributed by atoms with Gasteiger partial charge in [-0.1, -0.05) is 60.7 Å². The quantitative estimate of drug-likeness (QED) is 0.438. The number of hydrogen-bond donors (Lipinski definition) is 1. The van der Waals surface area contributed by atoms with Gasteiger partial charge in [-0.25, -0.2) is 4.79 Å². The summed E-state index contributed by atoms with van der Waals surface area (Å²) in [6, 6.07) is 20.9. The molecular weight excluding hydrogens is 380 g/mol. The van der Waals surface area contributed by atoms with Gasteiger partial charge in [-0.05, 0) is 35.2 Å². The molecular formula is C24H22N2O4. The van der Waals surface area contributed by atoms with Gasteiger partial charge in [-0.3, -0.25) is 9.78 Å². The predicted octanol–water partition coefficient (Wildman–Crippen LogP) is 3.47. The van der Waals surface area contributed by atoms with Crippen LogP contribution in [0, 0.1) is 0 Å². The number of alkyl carbamates (subject to hydrolysis) is 1. The summed E-state index contributed by atoms with van der Waals surface area (Å²) in [4.78, 5) is 41.2. The highest BCUT2D eigenvalue weighted by Gasteiger charge is 2.30. The summed E-state index contributed by atoms with van der Waals surface area (Å²) in [5.74, 6) is -1.41. The van der Waals surface area contributed by atoms with Gasteiger partial charge in [-0.15, -0.1) is 0 Å². The molecule has 0 bridgehead atoms. The first kappa shape index (κ1) is 20.9. The third-order valence-electron chi connectivity index (χ3n) is 4.64. The molecule has 6 nitrogen and oxygen atoms in total. The van der Waals surface area contributed by atoms with Crippen molar-refractivity contribution in [1.29, 1.82) is 0 Å². The van der Waals surface area contributed by atoms with Crippen LogP contribution in [0.4, 0.5) is 4.79 Å². The second-order valence-electron chi connectivity index (χ2n) is 6.75. The lowest BCUT2D eigenvalue weighted by molar-refractivity contribution is -0.125. The minimum Gasteiger partial charge on any atom is -0.445 e. The first-order valence-electron chi connectivity index (χ1n) is 9.57. The van der Waals surface area contributed by atoms with E-state index in [2.05, 4.69) is 10.3 Å². The zero-order chi connectivity index (χ0) is 21.2. The number of ether oxygens (including phenoxy) is 1. The van der Waals surface area contributed by atoms with Gasteiger partial charge in [0.15, 0.2) is 5.78 Å². The maximum atomic E-state index is 13.2. The number of nitrogens with one attached hydrogen (secondary N) is 1. The molecule has 30 heavy (non-hydrogen) atoms. The van der Waals surface area contributed by atoms with Crippen molar-refractivity contribution < 1.29 is 19.1 Å². The fraction of sp³-hybridized carbons (Fsp3) is 0.167. The number of rotatable bonds is 9. The Bertz CT molecular complexity index is 962. The van der Waals surface area contributed by atoms with Gasteiger partial charge in [0.1, 0.15) is 18.8 Å². The van der Waals surface area contributed by atoms with E-state index in [1.54, 1.807) is 12.1 Å². The number of pyridine rings is 1. The smallest absolute Gasteiger partial charge is 0.408 e. The number of nitrogens with zero attached hydrogens (tertiary/aromatic N) is 1. The normalized spacial score (nSPS) is 12.4. The third-order valence-corrected chi connectivity index (χ3v) is 4.64. The average Bonchev–Trinajstić information content (AvgIpc) is 2.80. The van der Waals surface area contributed by atoms with E-state index < -0.39 is 23.8 Å².